The zero-order chi connectivity index (χ0) is 18.6. The van der Waals surface area contributed by atoms with Crippen LogP contribution >= 0.6 is 0 Å². The zero-order valence-electron chi connectivity index (χ0n) is 15.6. The van der Waals surface area contributed by atoms with E-state index in [1.807, 2.05) is 55.5 Å². The van der Waals surface area contributed by atoms with Crippen LogP contribution in [0.2, 0.25) is 0 Å². The van der Waals surface area contributed by atoms with Crippen LogP contribution in [0.5, 0.6) is 0 Å². The summed E-state index contributed by atoms with van der Waals surface area (Å²) in [6.07, 6.45) is 3.70. The number of benzene rings is 2. The second kappa shape index (κ2) is 7.74. The average Bonchev–Trinajstić information content (AvgIpc) is 2.72. The maximum atomic E-state index is 12.6. The Hall–Kier alpha value is -2.95. The van der Waals surface area contributed by atoms with E-state index in [0.717, 1.165) is 35.4 Å². The van der Waals surface area contributed by atoms with Crippen molar-refractivity contribution in [2.45, 2.75) is 32.7 Å². The first-order valence-electron chi connectivity index (χ1n) is 9.55. The van der Waals surface area contributed by atoms with Crippen molar-refractivity contribution in [1.82, 2.24) is 15.3 Å². The number of aromatic nitrogens is 2. The number of hydrogen-bond donors (Lipinski definition) is 1. The van der Waals surface area contributed by atoms with Crippen molar-refractivity contribution in [3.63, 3.8) is 0 Å². The predicted molar refractivity (Wildman–Crippen MR) is 108 cm³/mol. The molecule has 0 radical (unpaired) electrons. The van der Waals surface area contributed by atoms with Crippen molar-refractivity contribution in [2.75, 3.05) is 18.0 Å². The van der Waals surface area contributed by atoms with Gasteiger partial charge in [0, 0.05) is 30.4 Å². The molecule has 1 aliphatic rings. The third-order valence-corrected chi connectivity index (χ3v) is 4.99. The number of piperidine rings is 1. The van der Waals surface area contributed by atoms with Crippen LogP contribution < -0.4 is 10.2 Å². The third kappa shape index (κ3) is 4.08. The predicted octanol–water partition coefficient (Wildman–Crippen LogP) is 3.86. The maximum Gasteiger partial charge on any atom is 0.251 e. The molecule has 1 N–H and O–H groups in total. The standard InChI is InChI=1S/C22H24N4O/c1-16-13-21(26-11-5-2-6-12-26)25-20(24-16)15-23-22(27)19-10-9-17-7-3-4-8-18(17)14-19/h3-4,7-10,13-14H,2,5-6,11-12,15H2,1H3,(H,23,27). The minimum absolute atomic E-state index is 0.106. The Kier molecular flexibility index (Phi) is 5.01. The Morgan fingerprint density at radius 3 is 2.59 bits per heavy atom. The van der Waals surface area contributed by atoms with Gasteiger partial charge in [0.1, 0.15) is 11.6 Å². The van der Waals surface area contributed by atoms with Crippen molar-refractivity contribution >= 4 is 22.5 Å². The van der Waals surface area contributed by atoms with E-state index in [-0.39, 0.29) is 5.91 Å². The minimum atomic E-state index is -0.106. The molecule has 3 aromatic rings. The first kappa shape index (κ1) is 17.5. The Balaban J connectivity index is 1.47. The molecule has 2 aromatic carbocycles. The fraction of sp³-hybridized carbons (Fsp3) is 0.318. The largest absolute Gasteiger partial charge is 0.357 e. The number of anilines is 1. The van der Waals surface area contributed by atoms with Gasteiger partial charge in [-0.3, -0.25) is 4.79 Å². The lowest BCUT2D eigenvalue weighted by molar-refractivity contribution is 0.0950. The molecule has 0 atom stereocenters. The molecule has 1 fully saturated rings. The summed E-state index contributed by atoms with van der Waals surface area (Å²) in [6, 6.07) is 15.8. The van der Waals surface area contributed by atoms with Crippen LogP contribution in [0.4, 0.5) is 5.82 Å². The van der Waals surface area contributed by atoms with Crippen LogP contribution in [0, 0.1) is 6.92 Å². The van der Waals surface area contributed by atoms with Crippen LogP contribution in [-0.2, 0) is 6.54 Å². The third-order valence-electron chi connectivity index (χ3n) is 4.99. The Bertz CT molecular complexity index is 963. The molecule has 1 aliphatic heterocycles. The molecule has 1 saturated heterocycles. The lowest BCUT2D eigenvalue weighted by Crippen LogP contribution is -2.31. The lowest BCUT2D eigenvalue weighted by atomic mass is 10.1. The second-order valence-corrected chi connectivity index (χ2v) is 7.08. The summed E-state index contributed by atoms with van der Waals surface area (Å²) in [5.41, 5.74) is 1.58. The molecule has 1 aromatic heterocycles. The summed E-state index contributed by atoms with van der Waals surface area (Å²) >= 11 is 0. The van der Waals surface area contributed by atoms with Gasteiger partial charge in [-0.15, -0.1) is 0 Å². The quantitative estimate of drug-likeness (QED) is 0.768. The molecule has 0 bridgehead atoms. The van der Waals surface area contributed by atoms with Gasteiger partial charge in [0.15, 0.2) is 0 Å². The summed E-state index contributed by atoms with van der Waals surface area (Å²) in [5, 5.41) is 5.14. The molecule has 138 valence electrons. The van der Waals surface area contributed by atoms with E-state index >= 15 is 0 Å². The second-order valence-electron chi connectivity index (χ2n) is 7.08. The van der Waals surface area contributed by atoms with Gasteiger partial charge in [-0.1, -0.05) is 30.3 Å². The van der Waals surface area contributed by atoms with Gasteiger partial charge in [0.05, 0.1) is 6.54 Å². The highest BCUT2D eigenvalue weighted by molar-refractivity contribution is 5.98. The van der Waals surface area contributed by atoms with E-state index in [0.29, 0.717) is 17.9 Å². The van der Waals surface area contributed by atoms with Crippen molar-refractivity contribution in [2.24, 2.45) is 0 Å². The van der Waals surface area contributed by atoms with Crippen LogP contribution in [-0.4, -0.2) is 29.0 Å². The molecule has 2 heterocycles. The van der Waals surface area contributed by atoms with Gasteiger partial charge in [0.2, 0.25) is 0 Å². The number of amides is 1. The molecular formula is C22H24N4O. The summed E-state index contributed by atoms with van der Waals surface area (Å²) in [4.78, 5) is 24.0. The van der Waals surface area contributed by atoms with E-state index in [4.69, 9.17) is 0 Å². The number of rotatable bonds is 4. The topological polar surface area (TPSA) is 58.1 Å². The smallest absolute Gasteiger partial charge is 0.251 e. The molecule has 5 heteroatoms. The molecular weight excluding hydrogens is 336 g/mol. The molecule has 0 unspecified atom stereocenters. The number of carbonyl (C=O) groups is 1. The van der Waals surface area contributed by atoms with E-state index in [1.165, 1.54) is 19.3 Å². The number of fused-ring (bicyclic) bond motifs is 1. The van der Waals surface area contributed by atoms with E-state index < -0.39 is 0 Å². The fourth-order valence-electron chi connectivity index (χ4n) is 3.57. The summed E-state index contributed by atoms with van der Waals surface area (Å²) in [5.74, 6) is 1.52. The van der Waals surface area contributed by atoms with Crippen LogP contribution in [0.25, 0.3) is 10.8 Å². The number of nitrogens with zero attached hydrogens (tertiary/aromatic N) is 3. The first-order valence-corrected chi connectivity index (χ1v) is 9.55. The normalized spacial score (nSPS) is 14.3. The van der Waals surface area contributed by atoms with Crippen molar-refractivity contribution in [1.29, 1.82) is 0 Å². The number of nitrogens with one attached hydrogen (secondary N) is 1. The van der Waals surface area contributed by atoms with Crippen LogP contribution in [0.1, 0.15) is 41.1 Å². The Morgan fingerprint density at radius 1 is 1.00 bits per heavy atom. The Morgan fingerprint density at radius 2 is 1.78 bits per heavy atom. The van der Waals surface area contributed by atoms with Gasteiger partial charge < -0.3 is 10.2 Å². The van der Waals surface area contributed by atoms with Gasteiger partial charge in [-0.25, -0.2) is 9.97 Å². The van der Waals surface area contributed by atoms with E-state index in [9.17, 15) is 4.79 Å². The summed E-state index contributed by atoms with van der Waals surface area (Å²) in [6.45, 7) is 4.39. The SMILES string of the molecule is Cc1cc(N2CCCCC2)nc(CNC(=O)c2ccc3ccccc3c2)n1. The highest BCUT2D eigenvalue weighted by Crippen LogP contribution is 2.19. The highest BCUT2D eigenvalue weighted by Gasteiger charge is 2.14. The van der Waals surface area contributed by atoms with Crippen molar-refractivity contribution in [3.05, 3.63) is 65.6 Å². The molecule has 0 aliphatic carbocycles. The average molecular weight is 360 g/mol. The van der Waals surface area contributed by atoms with E-state index in [2.05, 4.69) is 20.2 Å². The van der Waals surface area contributed by atoms with Gasteiger partial charge in [-0.05, 0) is 49.1 Å². The highest BCUT2D eigenvalue weighted by atomic mass is 16.1. The number of hydrogen-bond acceptors (Lipinski definition) is 4. The molecule has 1 amide bonds. The first-order chi connectivity index (χ1) is 13.2. The van der Waals surface area contributed by atoms with Gasteiger partial charge >= 0.3 is 0 Å². The molecule has 0 saturated carbocycles. The van der Waals surface area contributed by atoms with Crippen molar-refractivity contribution in [3.8, 4) is 0 Å². The number of carbonyl (C=O) groups excluding carboxylic acids is 1. The summed E-state index contributed by atoms with van der Waals surface area (Å²) in [7, 11) is 0. The monoisotopic (exact) mass is 360 g/mol. The minimum Gasteiger partial charge on any atom is -0.357 e. The molecule has 4 rings (SSSR count). The summed E-state index contributed by atoms with van der Waals surface area (Å²) < 4.78 is 0. The fourth-order valence-corrected chi connectivity index (χ4v) is 3.57. The van der Waals surface area contributed by atoms with Crippen LogP contribution in [0.3, 0.4) is 0 Å². The van der Waals surface area contributed by atoms with E-state index in [1.54, 1.807) is 0 Å². The zero-order valence-corrected chi connectivity index (χ0v) is 15.6. The molecule has 5 nitrogen and oxygen atoms in total. The molecule has 0 spiro atoms. The van der Waals surface area contributed by atoms with Crippen molar-refractivity contribution < 1.29 is 4.79 Å². The van der Waals surface area contributed by atoms with Gasteiger partial charge in [-0.2, -0.15) is 0 Å². The maximum absolute atomic E-state index is 12.6. The van der Waals surface area contributed by atoms with Gasteiger partial charge in [0.25, 0.3) is 5.91 Å². The lowest BCUT2D eigenvalue weighted by Gasteiger charge is -2.28. The molecule has 27 heavy (non-hydrogen) atoms. The van der Waals surface area contributed by atoms with Crippen LogP contribution in [0.15, 0.2) is 48.5 Å². The number of aryl methyl sites for hydroxylation is 1. The Labute approximate surface area is 159 Å².